The molecule has 0 aliphatic heterocycles. The summed E-state index contributed by atoms with van der Waals surface area (Å²) >= 11 is 1.46. The monoisotopic (exact) mass is 308 g/mol. The number of halogens is 1. The Kier molecular flexibility index (Phi) is 6.15. The molecule has 0 aromatic heterocycles. The second-order valence-corrected chi connectivity index (χ2v) is 3.27. The van der Waals surface area contributed by atoms with E-state index in [-0.39, 0.29) is 24.0 Å². The average Bonchev–Trinajstić information content (AvgIpc) is 2.09. The molecule has 1 aromatic carbocycles. The Bertz CT molecular complexity index is 299. The van der Waals surface area contributed by atoms with Crippen LogP contribution in [0.15, 0.2) is 29.3 Å². The van der Waals surface area contributed by atoms with Crippen LogP contribution < -0.4 is 5.73 Å². The summed E-state index contributed by atoms with van der Waals surface area (Å²) in [6.45, 7) is 2.02. The largest absolute Gasteiger partial charge is 0.378 e. The zero-order valence-electron chi connectivity index (χ0n) is 7.65. The summed E-state index contributed by atoms with van der Waals surface area (Å²) in [5.41, 5.74) is 7.68. The SMILES string of the molecule is CSC(N)=Nc1ccccc1C.I. The van der Waals surface area contributed by atoms with Gasteiger partial charge in [0.05, 0.1) is 5.69 Å². The van der Waals surface area contributed by atoms with Crippen LogP contribution in [0.5, 0.6) is 0 Å². The highest BCUT2D eigenvalue weighted by molar-refractivity contribution is 14.0. The van der Waals surface area contributed by atoms with Crippen molar-refractivity contribution in [2.24, 2.45) is 10.7 Å². The summed E-state index contributed by atoms with van der Waals surface area (Å²) in [5.74, 6) is 0. The van der Waals surface area contributed by atoms with Crippen molar-refractivity contribution in [2.75, 3.05) is 6.26 Å². The van der Waals surface area contributed by atoms with Crippen molar-refractivity contribution in [2.45, 2.75) is 6.92 Å². The van der Waals surface area contributed by atoms with E-state index >= 15 is 0 Å². The first-order chi connectivity index (χ1) is 5.74. The number of hydrogen-bond acceptors (Lipinski definition) is 2. The number of para-hydroxylation sites is 1. The first-order valence-electron chi connectivity index (χ1n) is 3.68. The van der Waals surface area contributed by atoms with Gasteiger partial charge in [-0.3, -0.25) is 0 Å². The molecule has 2 N–H and O–H groups in total. The van der Waals surface area contributed by atoms with Crippen LogP contribution in [0.1, 0.15) is 5.56 Å². The van der Waals surface area contributed by atoms with E-state index in [2.05, 4.69) is 4.99 Å². The van der Waals surface area contributed by atoms with Gasteiger partial charge < -0.3 is 5.73 Å². The van der Waals surface area contributed by atoms with Crippen molar-refractivity contribution in [1.82, 2.24) is 0 Å². The van der Waals surface area contributed by atoms with E-state index in [1.165, 1.54) is 11.8 Å². The van der Waals surface area contributed by atoms with Crippen molar-refractivity contribution in [3.63, 3.8) is 0 Å². The molecule has 0 unspecified atom stereocenters. The lowest BCUT2D eigenvalue weighted by Crippen LogP contribution is -2.04. The van der Waals surface area contributed by atoms with Gasteiger partial charge >= 0.3 is 0 Å². The van der Waals surface area contributed by atoms with Crippen LogP contribution >= 0.6 is 35.7 Å². The van der Waals surface area contributed by atoms with Gasteiger partial charge in [0.15, 0.2) is 5.17 Å². The molecule has 0 atom stereocenters. The van der Waals surface area contributed by atoms with Gasteiger partial charge in [-0.2, -0.15) is 0 Å². The fourth-order valence-electron chi connectivity index (χ4n) is 0.853. The molecule has 1 rings (SSSR count). The highest BCUT2D eigenvalue weighted by Crippen LogP contribution is 2.17. The number of nitrogens with zero attached hydrogens (tertiary/aromatic N) is 1. The highest BCUT2D eigenvalue weighted by Gasteiger charge is 1.94. The first-order valence-corrected chi connectivity index (χ1v) is 4.90. The number of amidine groups is 1. The van der Waals surface area contributed by atoms with Gasteiger partial charge in [-0.25, -0.2) is 4.99 Å². The summed E-state index contributed by atoms with van der Waals surface area (Å²) in [6.07, 6.45) is 1.91. The lowest BCUT2D eigenvalue weighted by molar-refractivity contribution is 1.39. The lowest BCUT2D eigenvalue weighted by atomic mass is 10.2. The summed E-state index contributed by atoms with van der Waals surface area (Å²) in [6, 6.07) is 7.92. The fraction of sp³-hybridized carbons (Fsp3) is 0.222. The quantitative estimate of drug-likeness (QED) is 0.492. The minimum Gasteiger partial charge on any atom is -0.378 e. The van der Waals surface area contributed by atoms with Crippen molar-refractivity contribution >= 4 is 46.6 Å². The maximum Gasteiger partial charge on any atom is 0.158 e. The topological polar surface area (TPSA) is 38.4 Å². The van der Waals surface area contributed by atoms with Crippen molar-refractivity contribution < 1.29 is 0 Å². The van der Waals surface area contributed by atoms with E-state index in [9.17, 15) is 0 Å². The minimum absolute atomic E-state index is 0. The Hall–Kier alpha value is -0.230. The van der Waals surface area contributed by atoms with Crippen LogP contribution in [0.4, 0.5) is 5.69 Å². The van der Waals surface area contributed by atoms with E-state index in [1.807, 2.05) is 37.4 Å². The molecule has 0 saturated carbocycles. The Morgan fingerprint density at radius 2 is 2.00 bits per heavy atom. The van der Waals surface area contributed by atoms with Crippen LogP contribution in [-0.4, -0.2) is 11.4 Å². The second kappa shape index (κ2) is 6.26. The third-order valence-corrected chi connectivity index (χ3v) is 2.06. The number of rotatable bonds is 1. The molecular formula is C9H13IN2S. The molecule has 4 heteroatoms. The van der Waals surface area contributed by atoms with Crippen LogP contribution in [-0.2, 0) is 0 Å². The number of aliphatic imine (C=N–C) groups is 1. The molecule has 13 heavy (non-hydrogen) atoms. The molecule has 0 aliphatic rings. The molecule has 0 fully saturated rings. The first kappa shape index (κ1) is 12.8. The molecule has 0 bridgehead atoms. The molecule has 0 amide bonds. The Balaban J connectivity index is 0.00000144. The summed E-state index contributed by atoms with van der Waals surface area (Å²) < 4.78 is 0. The average molecular weight is 308 g/mol. The number of benzene rings is 1. The van der Waals surface area contributed by atoms with E-state index in [4.69, 9.17) is 5.73 Å². The molecule has 2 nitrogen and oxygen atoms in total. The molecule has 72 valence electrons. The Morgan fingerprint density at radius 3 is 2.54 bits per heavy atom. The molecule has 0 spiro atoms. The number of aryl methyl sites for hydroxylation is 1. The summed E-state index contributed by atoms with van der Waals surface area (Å²) in [4.78, 5) is 4.23. The molecule has 0 saturated heterocycles. The fourth-order valence-corrected chi connectivity index (χ4v) is 1.04. The zero-order valence-corrected chi connectivity index (χ0v) is 10.8. The van der Waals surface area contributed by atoms with Gasteiger partial charge in [0.2, 0.25) is 0 Å². The lowest BCUT2D eigenvalue weighted by Gasteiger charge is -1.99. The molecule has 0 radical (unpaired) electrons. The van der Waals surface area contributed by atoms with Gasteiger partial charge in [0, 0.05) is 0 Å². The van der Waals surface area contributed by atoms with E-state index in [0.29, 0.717) is 5.17 Å². The predicted molar refractivity (Wildman–Crippen MR) is 71.4 cm³/mol. The summed E-state index contributed by atoms with van der Waals surface area (Å²) in [7, 11) is 0. The maximum absolute atomic E-state index is 5.59. The molecule has 1 aromatic rings. The van der Waals surface area contributed by atoms with E-state index in [0.717, 1.165) is 11.3 Å². The Labute approximate surface area is 100 Å². The number of hydrogen-bond donors (Lipinski definition) is 1. The van der Waals surface area contributed by atoms with Gasteiger partial charge in [-0.05, 0) is 24.8 Å². The van der Waals surface area contributed by atoms with Crippen LogP contribution in [0.25, 0.3) is 0 Å². The number of nitrogens with two attached hydrogens (primary N) is 1. The summed E-state index contributed by atoms with van der Waals surface area (Å²) in [5, 5.41) is 0.601. The molecular weight excluding hydrogens is 295 g/mol. The van der Waals surface area contributed by atoms with E-state index in [1.54, 1.807) is 0 Å². The normalized spacial score (nSPS) is 10.8. The number of thioether (sulfide) groups is 1. The van der Waals surface area contributed by atoms with Gasteiger partial charge in [-0.15, -0.1) is 24.0 Å². The third kappa shape index (κ3) is 3.99. The molecule has 0 heterocycles. The van der Waals surface area contributed by atoms with Crippen molar-refractivity contribution in [3.05, 3.63) is 29.8 Å². The maximum atomic E-state index is 5.59. The zero-order chi connectivity index (χ0) is 8.97. The Morgan fingerprint density at radius 1 is 1.38 bits per heavy atom. The van der Waals surface area contributed by atoms with E-state index < -0.39 is 0 Å². The third-order valence-electron chi connectivity index (χ3n) is 1.56. The van der Waals surface area contributed by atoms with Crippen LogP contribution in [0, 0.1) is 6.92 Å². The highest BCUT2D eigenvalue weighted by atomic mass is 127. The smallest absolute Gasteiger partial charge is 0.158 e. The van der Waals surface area contributed by atoms with Crippen LogP contribution in [0.2, 0.25) is 0 Å². The standard InChI is InChI=1S/C9H12N2S.HI/c1-7-5-3-4-6-8(7)11-9(10)12-2;/h3-6H,1-2H3,(H2,10,11);1H. The molecule has 0 aliphatic carbocycles. The van der Waals surface area contributed by atoms with Crippen LogP contribution in [0.3, 0.4) is 0 Å². The van der Waals surface area contributed by atoms with Crippen molar-refractivity contribution in [1.29, 1.82) is 0 Å². The second-order valence-electron chi connectivity index (χ2n) is 2.44. The van der Waals surface area contributed by atoms with Crippen molar-refractivity contribution in [3.8, 4) is 0 Å². The van der Waals surface area contributed by atoms with Gasteiger partial charge in [0.25, 0.3) is 0 Å². The predicted octanol–water partition coefficient (Wildman–Crippen LogP) is 2.92. The minimum atomic E-state index is 0. The van der Waals surface area contributed by atoms with Gasteiger partial charge in [0.1, 0.15) is 0 Å². The van der Waals surface area contributed by atoms with Gasteiger partial charge in [-0.1, -0.05) is 30.0 Å².